The van der Waals surface area contributed by atoms with Crippen molar-refractivity contribution in [1.29, 1.82) is 0 Å². The zero-order valence-corrected chi connectivity index (χ0v) is 14.7. The van der Waals surface area contributed by atoms with Gasteiger partial charge in [-0.05, 0) is 43.0 Å². The molecule has 8 heteroatoms. The lowest BCUT2D eigenvalue weighted by Crippen LogP contribution is -2.43. The van der Waals surface area contributed by atoms with E-state index in [1.807, 2.05) is 6.26 Å². The van der Waals surface area contributed by atoms with Crippen LogP contribution in [0.1, 0.15) is 12.0 Å². The predicted molar refractivity (Wildman–Crippen MR) is 95.3 cm³/mol. The molecule has 1 aromatic carbocycles. The summed E-state index contributed by atoms with van der Waals surface area (Å²) < 4.78 is 10.5. The summed E-state index contributed by atoms with van der Waals surface area (Å²) in [6, 6.07) is 5.38. The van der Waals surface area contributed by atoms with Crippen molar-refractivity contribution < 1.29 is 23.8 Å². The molecule has 0 aliphatic carbocycles. The monoisotopic (exact) mass is 365 g/mol. The van der Waals surface area contributed by atoms with Crippen molar-refractivity contribution in [3.05, 3.63) is 40.2 Å². The van der Waals surface area contributed by atoms with Crippen LogP contribution in [0.15, 0.2) is 33.5 Å². The fourth-order valence-corrected chi connectivity index (χ4v) is 2.74. The first kappa shape index (κ1) is 18.9. The summed E-state index contributed by atoms with van der Waals surface area (Å²) in [5.41, 5.74) is 0.693. The molecule has 1 amide bonds. The van der Waals surface area contributed by atoms with Gasteiger partial charge in [0.25, 0.3) is 5.91 Å². The second kappa shape index (κ2) is 8.57. The number of aliphatic carboxylic acids is 1. The Balaban J connectivity index is 2.00. The number of hydrogen-bond donors (Lipinski definition) is 2. The molecular weight excluding hydrogens is 346 g/mol. The van der Waals surface area contributed by atoms with Crippen LogP contribution in [-0.2, 0) is 9.59 Å². The summed E-state index contributed by atoms with van der Waals surface area (Å²) in [5, 5.41) is 12.3. The van der Waals surface area contributed by atoms with E-state index >= 15 is 0 Å². The van der Waals surface area contributed by atoms with E-state index in [1.54, 1.807) is 19.1 Å². The highest BCUT2D eigenvalue weighted by molar-refractivity contribution is 7.98. The van der Waals surface area contributed by atoms with Crippen LogP contribution in [0.2, 0.25) is 0 Å². The number of nitrogens with one attached hydrogen (secondary N) is 1. The van der Waals surface area contributed by atoms with E-state index in [9.17, 15) is 14.4 Å². The molecule has 2 N–H and O–H groups in total. The number of carbonyl (C=O) groups is 2. The molecule has 1 aromatic heterocycles. The third-order valence-electron chi connectivity index (χ3n) is 3.54. The molecule has 0 radical (unpaired) electrons. The first-order chi connectivity index (χ1) is 11.9. The lowest BCUT2D eigenvalue weighted by atomic mass is 10.1. The standard InChI is InChI=1S/C17H19NO6S/c1-10-7-16(20)24-14-8-11(3-4-12(10)14)23-9-15(19)18-13(17(21)22)5-6-25-2/h3-4,7-8,13H,5-6,9H2,1-2H3,(H,18,19)(H,21,22). The van der Waals surface area contributed by atoms with Crippen molar-refractivity contribution in [1.82, 2.24) is 5.32 Å². The van der Waals surface area contributed by atoms with Crippen LogP contribution in [0, 0.1) is 6.92 Å². The van der Waals surface area contributed by atoms with E-state index in [4.69, 9.17) is 14.3 Å². The zero-order chi connectivity index (χ0) is 18.4. The number of hydrogen-bond acceptors (Lipinski definition) is 6. The average molecular weight is 365 g/mol. The van der Waals surface area contributed by atoms with Crippen molar-refractivity contribution in [3.8, 4) is 5.75 Å². The van der Waals surface area contributed by atoms with E-state index in [0.29, 0.717) is 23.5 Å². The van der Waals surface area contributed by atoms with Gasteiger partial charge in [0.2, 0.25) is 0 Å². The Morgan fingerprint density at radius 2 is 2.12 bits per heavy atom. The second-order valence-corrected chi connectivity index (χ2v) is 6.42. The topological polar surface area (TPSA) is 106 Å². The average Bonchev–Trinajstić information content (AvgIpc) is 2.56. The molecule has 2 rings (SSSR count). The minimum absolute atomic E-state index is 0.329. The first-order valence-electron chi connectivity index (χ1n) is 7.59. The Hall–Kier alpha value is -2.48. The minimum atomic E-state index is -1.08. The zero-order valence-electron chi connectivity index (χ0n) is 13.9. The number of carboxylic acid groups (broad SMARTS) is 1. The molecule has 0 saturated carbocycles. The molecular formula is C17H19NO6S. The Morgan fingerprint density at radius 1 is 1.36 bits per heavy atom. The highest BCUT2D eigenvalue weighted by Crippen LogP contribution is 2.22. The van der Waals surface area contributed by atoms with Crippen LogP contribution in [0.3, 0.4) is 0 Å². The number of benzene rings is 1. The van der Waals surface area contributed by atoms with Crippen LogP contribution in [0.25, 0.3) is 11.0 Å². The molecule has 0 spiro atoms. The summed E-state index contributed by atoms with van der Waals surface area (Å²) in [6.45, 7) is 1.47. The van der Waals surface area contributed by atoms with Gasteiger partial charge in [-0.15, -0.1) is 0 Å². The third-order valence-corrected chi connectivity index (χ3v) is 4.18. The van der Waals surface area contributed by atoms with Crippen molar-refractivity contribution in [3.63, 3.8) is 0 Å². The molecule has 134 valence electrons. The van der Waals surface area contributed by atoms with Crippen LogP contribution in [0.5, 0.6) is 5.75 Å². The normalized spacial score (nSPS) is 11.9. The Morgan fingerprint density at radius 3 is 2.80 bits per heavy atom. The molecule has 1 heterocycles. The Labute approximate surface area is 148 Å². The summed E-state index contributed by atoms with van der Waals surface area (Å²) in [7, 11) is 0. The number of rotatable bonds is 8. The third kappa shape index (κ3) is 5.25. The van der Waals surface area contributed by atoms with Gasteiger partial charge in [0.1, 0.15) is 17.4 Å². The van der Waals surface area contributed by atoms with Gasteiger partial charge < -0.3 is 19.6 Å². The maximum atomic E-state index is 11.9. The van der Waals surface area contributed by atoms with Crippen molar-refractivity contribution in [2.75, 3.05) is 18.6 Å². The van der Waals surface area contributed by atoms with Crippen LogP contribution < -0.4 is 15.7 Å². The molecule has 1 unspecified atom stereocenters. The maximum Gasteiger partial charge on any atom is 0.336 e. The Bertz CT molecular complexity index is 831. The summed E-state index contributed by atoms with van der Waals surface area (Å²) in [6.07, 6.45) is 2.20. The van der Waals surface area contributed by atoms with Crippen molar-refractivity contribution in [2.24, 2.45) is 0 Å². The number of aryl methyl sites for hydroxylation is 1. The molecule has 0 aliphatic rings. The van der Waals surface area contributed by atoms with Crippen molar-refractivity contribution in [2.45, 2.75) is 19.4 Å². The number of carbonyl (C=O) groups excluding carboxylic acids is 1. The lowest BCUT2D eigenvalue weighted by Gasteiger charge is -2.14. The largest absolute Gasteiger partial charge is 0.484 e. The molecule has 1 atom stereocenters. The van der Waals surface area contributed by atoms with Crippen LogP contribution in [-0.4, -0.2) is 41.6 Å². The molecule has 0 fully saturated rings. The number of carboxylic acids is 1. The van der Waals surface area contributed by atoms with E-state index in [0.717, 1.165) is 10.9 Å². The van der Waals surface area contributed by atoms with Gasteiger partial charge in [-0.1, -0.05) is 0 Å². The molecule has 25 heavy (non-hydrogen) atoms. The Kier molecular flexibility index (Phi) is 6.46. The van der Waals surface area contributed by atoms with Crippen LogP contribution in [0.4, 0.5) is 0 Å². The number of amides is 1. The number of fused-ring (bicyclic) bond motifs is 1. The summed E-state index contributed by atoms with van der Waals surface area (Å²) >= 11 is 1.51. The van der Waals surface area contributed by atoms with Gasteiger partial charge in [0.15, 0.2) is 6.61 Å². The van der Waals surface area contributed by atoms with E-state index in [-0.39, 0.29) is 6.61 Å². The molecule has 2 aromatic rings. The quantitative estimate of drug-likeness (QED) is 0.687. The first-order valence-corrected chi connectivity index (χ1v) is 8.98. The van der Waals surface area contributed by atoms with E-state index in [1.165, 1.54) is 23.9 Å². The maximum absolute atomic E-state index is 11.9. The second-order valence-electron chi connectivity index (χ2n) is 5.43. The van der Waals surface area contributed by atoms with Gasteiger partial charge in [-0.2, -0.15) is 11.8 Å². The van der Waals surface area contributed by atoms with Crippen LogP contribution >= 0.6 is 11.8 Å². The SMILES string of the molecule is CSCCC(NC(=O)COc1ccc2c(C)cc(=O)oc2c1)C(=O)O. The summed E-state index contributed by atoms with van der Waals surface area (Å²) in [4.78, 5) is 34.4. The number of thioether (sulfide) groups is 1. The smallest absolute Gasteiger partial charge is 0.336 e. The number of ether oxygens (including phenoxy) is 1. The fraction of sp³-hybridized carbons (Fsp3) is 0.353. The lowest BCUT2D eigenvalue weighted by molar-refractivity contribution is -0.142. The van der Waals surface area contributed by atoms with Gasteiger partial charge in [-0.25, -0.2) is 9.59 Å². The van der Waals surface area contributed by atoms with Gasteiger partial charge >= 0.3 is 11.6 Å². The summed E-state index contributed by atoms with van der Waals surface area (Å²) in [5.74, 6) is -0.627. The van der Waals surface area contributed by atoms with E-state index < -0.39 is 23.5 Å². The van der Waals surface area contributed by atoms with Gasteiger partial charge in [0, 0.05) is 17.5 Å². The van der Waals surface area contributed by atoms with Gasteiger partial charge in [-0.3, -0.25) is 4.79 Å². The fourth-order valence-electron chi connectivity index (χ4n) is 2.27. The highest BCUT2D eigenvalue weighted by Gasteiger charge is 2.19. The molecule has 7 nitrogen and oxygen atoms in total. The molecule has 0 aliphatic heterocycles. The van der Waals surface area contributed by atoms with Gasteiger partial charge in [0.05, 0.1) is 0 Å². The molecule has 0 bridgehead atoms. The van der Waals surface area contributed by atoms with E-state index in [2.05, 4.69) is 5.32 Å². The van der Waals surface area contributed by atoms with Crippen molar-refractivity contribution >= 4 is 34.6 Å². The highest BCUT2D eigenvalue weighted by atomic mass is 32.2. The molecule has 0 saturated heterocycles. The minimum Gasteiger partial charge on any atom is -0.484 e. The predicted octanol–water partition coefficient (Wildman–Crippen LogP) is 1.80.